The molecule has 1 heterocycles. The summed E-state index contributed by atoms with van der Waals surface area (Å²) in [6.45, 7) is 1.88. The van der Waals surface area contributed by atoms with Crippen molar-refractivity contribution in [1.82, 2.24) is 4.98 Å². The number of nitro benzene ring substituents is 1. The summed E-state index contributed by atoms with van der Waals surface area (Å²) in [4.78, 5) is 27.5. The van der Waals surface area contributed by atoms with E-state index < -0.39 is 14.9 Å². The number of anilines is 3. The highest BCUT2D eigenvalue weighted by molar-refractivity contribution is 7.92. The van der Waals surface area contributed by atoms with Gasteiger partial charge in [0.25, 0.3) is 15.7 Å². The molecule has 0 saturated carbocycles. The molecule has 0 radical (unpaired) electrons. The van der Waals surface area contributed by atoms with Gasteiger partial charge in [0.05, 0.1) is 20.9 Å². The SMILES string of the molecule is Cc1ccccc1C(=O)c1cnc(Nc2ccc(NS(=O)(=O)c3ccc([N+](=O)[O-])cc3)cc2)s1. The average Bonchev–Trinajstić information content (AvgIpc) is 3.28. The third-order valence-electron chi connectivity index (χ3n) is 4.87. The van der Waals surface area contributed by atoms with Gasteiger partial charge in [0.2, 0.25) is 5.78 Å². The molecule has 4 aromatic rings. The number of non-ortho nitro benzene ring substituents is 1. The normalized spacial score (nSPS) is 11.1. The third kappa shape index (κ3) is 5.11. The molecule has 0 atom stereocenters. The van der Waals surface area contributed by atoms with Crippen LogP contribution in [0.1, 0.15) is 20.8 Å². The number of benzene rings is 3. The molecule has 172 valence electrons. The molecule has 0 aliphatic carbocycles. The van der Waals surface area contributed by atoms with Gasteiger partial charge >= 0.3 is 0 Å². The molecule has 0 saturated heterocycles. The van der Waals surface area contributed by atoms with Crippen LogP contribution in [0.4, 0.5) is 22.2 Å². The van der Waals surface area contributed by atoms with Crippen LogP contribution in [-0.4, -0.2) is 24.1 Å². The van der Waals surface area contributed by atoms with Crippen molar-refractivity contribution in [2.75, 3.05) is 10.0 Å². The molecular formula is C23H18N4O5S2. The molecule has 0 spiro atoms. The molecule has 0 aliphatic heterocycles. The van der Waals surface area contributed by atoms with Crippen molar-refractivity contribution in [3.8, 4) is 0 Å². The molecule has 0 fully saturated rings. The molecule has 3 aromatic carbocycles. The van der Waals surface area contributed by atoms with Crippen molar-refractivity contribution in [3.05, 3.63) is 105 Å². The van der Waals surface area contributed by atoms with E-state index in [4.69, 9.17) is 0 Å². The fourth-order valence-corrected chi connectivity index (χ4v) is 4.95. The number of nitrogens with one attached hydrogen (secondary N) is 2. The summed E-state index contributed by atoms with van der Waals surface area (Å²) in [5.74, 6) is -0.0975. The smallest absolute Gasteiger partial charge is 0.269 e. The third-order valence-corrected chi connectivity index (χ3v) is 7.17. The van der Waals surface area contributed by atoms with Crippen molar-refractivity contribution < 1.29 is 18.1 Å². The first-order chi connectivity index (χ1) is 16.2. The van der Waals surface area contributed by atoms with E-state index in [1.165, 1.54) is 29.7 Å². The van der Waals surface area contributed by atoms with Gasteiger partial charge in [-0.05, 0) is 48.9 Å². The molecule has 0 unspecified atom stereocenters. The Bertz CT molecular complexity index is 1460. The van der Waals surface area contributed by atoms with Gasteiger partial charge in [-0.15, -0.1) is 0 Å². The van der Waals surface area contributed by atoms with Crippen LogP contribution >= 0.6 is 11.3 Å². The second kappa shape index (κ2) is 9.41. The molecule has 2 N–H and O–H groups in total. The van der Waals surface area contributed by atoms with Gasteiger partial charge in [0.1, 0.15) is 0 Å². The van der Waals surface area contributed by atoms with Crippen molar-refractivity contribution in [2.45, 2.75) is 11.8 Å². The van der Waals surface area contributed by atoms with Gasteiger partial charge in [0.15, 0.2) is 5.13 Å². The number of carbonyl (C=O) groups is 1. The average molecular weight is 495 g/mol. The summed E-state index contributed by atoms with van der Waals surface area (Å²) in [6.07, 6.45) is 1.52. The predicted molar refractivity (Wildman–Crippen MR) is 130 cm³/mol. The van der Waals surface area contributed by atoms with Gasteiger partial charge in [-0.3, -0.25) is 19.6 Å². The lowest BCUT2D eigenvalue weighted by Gasteiger charge is -2.09. The quantitative estimate of drug-likeness (QED) is 0.197. The van der Waals surface area contributed by atoms with E-state index in [0.29, 0.717) is 26.9 Å². The summed E-state index contributed by atoms with van der Waals surface area (Å²) in [6, 6.07) is 18.4. The van der Waals surface area contributed by atoms with Crippen molar-refractivity contribution in [2.24, 2.45) is 0 Å². The maximum atomic E-state index is 12.7. The first kappa shape index (κ1) is 23.1. The van der Waals surface area contributed by atoms with Gasteiger partial charge in [-0.1, -0.05) is 35.6 Å². The van der Waals surface area contributed by atoms with Crippen molar-refractivity contribution in [3.63, 3.8) is 0 Å². The van der Waals surface area contributed by atoms with E-state index >= 15 is 0 Å². The van der Waals surface area contributed by atoms with E-state index in [2.05, 4.69) is 15.0 Å². The van der Waals surface area contributed by atoms with Crippen LogP contribution in [-0.2, 0) is 10.0 Å². The van der Waals surface area contributed by atoms with Gasteiger partial charge in [0, 0.05) is 29.1 Å². The standard InChI is InChI=1S/C23H18N4O5S2/c1-15-4-2-3-5-20(15)22(28)21-14-24-23(33-21)25-16-6-8-17(9-7-16)26-34(31,32)19-12-10-18(11-13-19)27(29)30/h2-14,26H,1H3,(H,24,25). The Labute approximate surface area is 199 Å². The molecule has 0 aliphatic rings. The number of carbonyl (C=O) groups excluding carboxylic acids is 1. The number of sulfonamides is 1. The van der Waals surface area contributed by atoms with Crippen molar-refractivity contribution in [1.29, 1.82) is 0 Å². The minimum Gasteiger partial charge on any atom is -0.332 e. The molecule has 9 nitrogen and oxygen atoms in total. The molecule has 0 bridgehead atoms. The maximum absolute atomic E-state index is 12.7. The second-order valence-electron chi connectivity index (χ2n) is 7.23. The summed E-state index contributed by atoms with van der Waals surface area (Å²) >= 11 is 1.22. The lowest BCUT2D eigenvalue weighted by atomic mass is 10.0. The number of thiazole rings is 1. The number of rotatable bonds is 8. The van der Waals surface area contributed by atoms with Crippen LogP contribution < -0.4 is 10.0 Å². The number of hydrogen-bond acceptors (Lipinski definition) is 8. The molecule has 0 amide bonds. The topological polar surface area (TPSA) is 131 Å². The van der Waals surface area contributed by atoms with Crippen molar-refractivity contribution >= 4 is 49.3 Å². The first-order valence-corrected chi connectivity index (χ1v) is 12.2. The second-order valence-corrected chi connectivity index (χ2v) is 9.95. The number of aryl methyl sites for hydroxylation is 1. The van der Waals surface area contributed by atoms with E-state index in [1.54, 1.807) is 30.3 Å². The van der Waals surface area contributed by atoms with Gasteiger partial charge < -0.3 is 5.32 Å². The van der Waals surface area contributed by atoms with Crippen LogP contribution in [0.15, 0.2) is 83.9 Å². The number of aromatic nitrogens is 1. The summed E-state index contributed by atoms with van der Waals surface area (Å²) < 4.78 is 27.5. The Balaban J connectivity index is 1.43. The number of hydrogen-bond donors (Lipinski definition) is 2. The zero-order valence-corrected chi connectivity index (χ0v) is 19.4. The van der Waals surface area contributed by atoms with Gasteiger partial charge in [-0.25, -0.2) is 13.4 Å². The van der Waals surface area contributed by atoms with E-state index in [9.17, 15) is 23.3 Å². The zero-order valence-electron chi connectivity index (χ0n) is 17.8. The minimum absolute atomic E-state index is 0.0889. The summed E-state index contributed by atoms with van der Waals surface area (Å²) in [5, 5.41) is 14.4. The Kier molecular flexibility index (Phi) is 6.39. The highest BCUT2D eigenvalue weighted by Crippen LogP contribution is 2.27. The maximum Gasteiger partial charge on any atom is 0.269 e. The van der Waals surface area contributed by atoms with E-state index in [1.807, 2.05) is 25.1 Å². The minimum atomic E-state index is -3.90. The lowest BCUT2D eigenvalue weighted by molar-refractivity contribution is -0.384. The fraction of sp³-hybridized carbons (Fsp3) is 0.0435. The number of nitrogens with zero attached hydrogens (tertiary/aromatic N) is 2. The first-order valence-electron chi connectivity index (χ1n) is 9.93. The largest absolute Gasteiger partial charge is 0.332 e. The molecule has 34 heavy (non-hydrogen) atoms. The molecular weight excluding hydrogens is 476 g/mol. The number of ketones is 1. The predicted octanol–water partition coefficient (Wildman–Crippen LogP) is 5.14. The Morgan fingerprint density at radius 1 is 0.971 bits per heavy atom. The highest BCUT2D eigenvalue weighted by Gasteiger charge is 2.17. The fourth-order valence-electron chi connectivity index (χ4n) is 3.10. The Morgan fingerprint density at radius 2 is 1.62 bits per heavy atom. The molecule has 11 heteroatoms. The zero-order chi connectivity index (χ0) is 24.3. The van der Waals surface area contributed by atoms with E-state index in [-0.39, 0.29) is 16.4 Å². The molecule has 1 aromatic heterocycles. The van der Waals surface area contributed by atoms with Crippen LogP contribution in [0.25, 0.3) is 0 Å². The Hall–Kier alpha value is -4.09. The molecule has 4 rings (SSSR count). The summed E-state index contributed by atoms with van der Waals surface area (Å²) in [5.41, 5.74) is 2.30. The van der Waals surface area contributed by atoms with Crippen LogP contribution in [0.3, 0.4) is 0 Å². The highest BCUT2D eigenvalue weighted by atomic mass is 32.2. The van der Waals surface area contributed by atoms with Crippen LogP contribution in [0.5, 0.6) is 0 Å². The lowest BCUT2D eigenvalue weighted by Crippen LogP contribution is -2.12. The van der Waals surface area contributed by atoms with Crippen LogP contribution in [0.2, 0.25) is 0 Å². The van der Waals surface area contributed by atoms with Gasteiger partial charge in [-0.2, -0.15) is 0 Å². The Morgan fingerprint density at radius 3 is 2.26 bits per heavy atom. The van der Waals surface area contributed by atoms with Crippen LogP contribution in [0, 0.1) is 17.0 Å². The van der Waals surface area contributed by atoms with E-state index in [0.717, 1.165) is 17.7 Å². The summed E-state index contributed by atoms with van der Waals surface area (Å²) in [7, 11) is -3.90. The monoisotopic (exact) mass is 494 g/mol. The number of nitro groups is 1.